The summed E-state index contributed by atoms with van der Waals surface area (Å²) in [5.41, 5.74) is -11.6. The molecule has 2 unspecified atom stereocenters. The van der Waals surface area contributed by atoms with Crippen molar-refractivity contribution < 1.29 is 57.4 Å². The summed E-state index contributed by atoms with van der Waals surface area (Å²) in [6.45, 7) is -1.90. The maximum Gasteiger partial charge on any atom is 0.430 e. The molecular weight excluding hydrogens is 340 g/mol. The summed E-state index contributed by atoms with van der Waals surface area (Å²) in [7, 11) is 0. The van der Waals surface area contributed by atoms with E-state index in [0.29, 0.717) is 0 Å². The summed E-state index contributed by atoms with van der Waals surface area (Å²) in [5, 5.41) is 0. The van der Waals surface area contributed by atoms with Gasteiger partial charge in [-0.25, -0.2) is 13.5 Å². The van der Waals surface area contributed by atoms with Crippen LogP contribution >= 0.6 is 0 Å². The van der Waals surface area contributed by atoms with Gasteiger partial charge in [-0.15, -0.1) is 0 Å². The highest BCUT2D eigenvalue weighted by molar-refractivity contribution is 4.96. The lowest BCUT2D eigenvalue weighted by Crippen LogP contribution is -2.62. The molecule has 0 heterocycles. The van der Waals surface area contributed by atoms with Crippen molar-refractivity contribution in [3.8, 4) is 0 Å². The number of hydrogen-bond donors (Lipinski definition) is 0. The second-order valence-electron chi connectivity index (χ2n) is 4.14. The summed E-state index contributed by atoms with van der Waals surface area (Å²) in [5.74, 6) is 0. The van der Waals surface area contributed by atoms with Gasteiger partial charge in [-0.3, -0.25) is 0 Å². The second kappa shape index (κ2) is 4.81. The first-order valence-corrected chi connectivity index (χ1v) is 4.68. The van der Waals surface area contributed by atoms with Gasteiger partial charge in [0.2, 0.25) is 0 Å². The van der Waals surface area contributed by atoms with E-state index in [1.165, 1.54) is 0 Å². The van der Waals surface area contributed by atoms with Gasteiger partial charge in [-0.2, -0.15) is 43.9 Å². The van der Waals surface area contributed by atoms with Crippen molar-refractivity contribution in [1.29, 1.82) is 0 Å². The van der Waals surface area contributed by atoms with Crippen LogP contribution in [0.3, 0.4) is 0 Å². The number of ether oxygens (including phenoxy) is 1. The average molecular weight is 346 g/mol. The van der Waals surface area contributed by atoms with Crippen LogP contribution in [-0.2, 0) is 4.74 Å². The lowest BCUT2D eigenvalue weighted by molar-refractivity contribution is -0.477. The van der Waals surface area contributed by atoms with Gasteiger partial charge in [0.15, 0.2) is 0 Å². The first kappa shape index (κ1) is 20.1. The molecule has 0 aromatic carbocycles. The zero-order valence-corrected chi connectivity index (χ0v) is 9.94. The van der Waals surface area contributed by atoms with E-state index in [1.807, 2.05) is 4.74 Å². The maximum atomic E-state index is 12.9. The number of alkyl halides is 12. The molecule has 0 fully saturated rings. The molecule has 0 rings (SSSR count). The van der Waals surface area contributed by atoms with Crippen LogP contribution in [0.2, 0.25) is 0 Å². The Labute approximate surface area is 108 Å². The highest BCUT2D eigenvalue weighted by Crippen LogP contribution is 2.52. The van der Waals surface area contributed by atoms with E-state index < -0.39 is 49.8 Å². The smallest absolute Gasteiger partial charge is 0.250 e. The zero-order valence-electron chi connectivity index (χ0n) is 9.94. The molecule has 0 aromatic rings. The van der Waals surface area contributed by atoms with Gasteiger partial charge in [-0.05, 0) is 13.8 Å². The number of halogens is 12. The van der Waals surface area contributed by atoms with Crippen LogP contribution < -0.4 is 0 Å². The van der Waals surface area contributed by atoms with Crippen LogP contribution in [0, 0.1) is 0 Å². The van der Waals surface area contributed by atoms with Gasteiger partial charge in [0.1, 0.15) is 0 Å². The second-order valence-corrected chi connectivity index (χ2v) is 4.14. The molecule has 13 heteroatoms. The maximum absolute atomic E-state index is 12.9. The Balaban J connectivity index is 5.65. The molecule has 128 valence electrons. The van der Waals surface area contributed by atoms with Gasteiger partial charge >= 0.3 is 24.6 Å². The molecule has 21 heavy (non-hydrogen) atoms. The first-order valence-electron chi connectivity index (χ1n) is 4.68. The molecule has 0 saturated carbocycles. The van der Waals surface area contributed by atoms with E-state index in [4.69, 9.17) is 0 Å². The number of hydrogen-bond acceptors (Lipinski definition) is 1. The molecule has 0 aliphatic heterocycles. The summed E-state index contributed by atoms with van der Waals surface area (Å²) in [6, 6.07) is 0. The van der Waals surface area contributed by atoms with Gasteiger partial charge < -0.3 is 0 Å². The third kappa shape index (κ3) is 3.31. The zero-order chi connectivity index (χ0) is 17.7. The molecule has 0 bridgehead atoms. The molecule has 0 amide bonds. The van der Waals surface area contributed by atoms with Gasteiger partial charge in [0.05, 0.1) is 0 Å². The van der Waals surface area contributed by atoms with Crippen LogP contribution in [-0.4, -0.2) is 35.9 Å². The fourth-order valence-electron chi connectivity index (χ4n) is 0.683. The van der Waals surface area contributed by atoms with Crippen molar-refractivity contribution >= 4 is 0 Å². The lowest BCUT2D eigenvalue weighted by Gasteiger charge is -2.37. The van der Waals surface area contributed by atoms with E-state index in [2.05, 4.69) is 0 Å². The topological polar surface area (TPSA) is 9.23 Å². The average Bonchev–Trinajstić information content (AvgIpc) is 2.11. The molecular formula is C8H6F12O. The summed E-state index contributed by atoms with van der Waals surface area (Å²) in [4.78, 5) is 0. The Kier molecular flexibility index (Phi) is 4.61. The predicted octanol–water partition coefficient (Wildman–Crippen LogP) is 4.77. The molecule has 0 radical (unpaired) electrons. The summed E-state index contributed by atoms with van der Waals surface area (Å²) >= 11 is 0. The normalized spacial score (nSPS) is 20.9. The van der Waals surface area contributed by atoms with Crippen molar-refractivity contribution in [2.24, 2.45) is 0 Å². The predicted molar refractivity (Wildman–Crippen MR) is 42.1 cm³/mol. The molecule has 0 aliphatic carbocycles. The molecule has 0 aromatic heterocycles. The molecule has 1 nitrogen and oxygen atoms in total. The fourth-order valence-corrected chi connectivity index (χ4v) is 0.683. The highest BCUT2D eigenvalue weighted by Gasteiger charge is 2.77. The van der Waals surface area contributed by atoms with E-state index in [0.717, 1.165) is 0 Å². The van der Waals surface area contributed by atoms with Crippen molar-refractivity contribution in [2.75, 3.05) is 0 Å². The molecule has 0 spiro atoms. The minimum absolute atomic E-state index is 0.952. The number of rotatable bonds is 4. The van der Waals surface area contributed by atoms with E-state index in [9.17, 15) is 52.7 Å². The Morgan fingerprint density at radius 3 is 0.810 bits per heavy atom. The lowest BCUT2D eigenvalue weighted by atomic mass is 10.1. The quantitative estimate of drug-likeness (QED) is 0.667. The Morgan fingerprint density at radius 1 is 0.476 bits per heavy atom. The minimum Gasteiger partial charge on any atom is -0.250 e. The standard InChI is InChI=1S/C8H6F12O/c1-3(9,5(11,12)13)7(17,18)21-8(19,20)4(2,10)6(14,15)16/h1-2H3. The Hall–Kier alpha value is -0.880. The highest BCUT2D eigenvalue weighted by atomic mass is 19.4. The van der Waals surface area contributed by atoms with Crippen molar-refractivity contribution in [1.82, 2.24) is 0 Å². The largest absolute Gasteiger partial charge is 0.430 e. The molecule has 0 N–H and O–H groups in total. The van der Waals surface area contributed by atoms with Crippen molar-refractivity contribution in [3.05, 3.63) is 0 Å². The Bertz CT molecular complexity index is 340. The van der Waals surface area contributed by atoms with Crippen molar-refractivity contribution in [2.45, 2.75) is 49.8 Å². The molecule has 0 saturated heterocycles. The third-order valence-electron chi connectivity index (χ3n) is 2.41. The summed E-state index contributed by atoms with van der Waals surface area (Å²) in [6.07, 6.45) is -25.9. The molecule has 0 aliphatic rings. The van der Waals surface area contributed by atoms with Gasteiger partial charge in [0, 0.05) is 0 Å². The third-order valence-corrected chi connectivity index (χ3v) is 2.41. The fraction of sp³-hybridized carbons (Fsp3) is 1.00. The van der Waals surface area contributed by atoms with Crippen LogP contribution in [0.4, 0.5) is 52.7 Å². The van der Waals surface area contributed by atoms with Crippen LogP contribution in [0.15, 0.2) is 0 Å². The Morgan fingerprint density at radius 2 is 0.667 bits per heavy atom. The SMILES string of the molecule is CC(F)(C(F)(F)F)C(F)(F)OC(F)(F)C(C)(F)C(F)(F)F. The van der Waals surface area contributed by atoms with Crippen LogP contribution in [0.25, 0.3) is 0 Å². The minimum atomic E-state index is -6.49. The van der Waals surface area contributed by atoms with Gasteiger partial charge in [-0.1, -0.05) is 0 Å². The first-order chi connectivity index (χ1) is 8.71. The molecule has 2 atom stereocenters. The monoisotopic (exact) mass is 346 g/mol. The van der Waals surface area contributed by atoms with E-state index in [-0.39, 0.29) is 0 Å². The van der Waals surface area contributed by atoms with E-state index >= 15 is 0 Å². The van der Waals surface area contributed by atoms with E-state index in [1.54, 1.807) is 0 Å². The van der Waals surface area contributed by atoms with Gasteiger partial charge in [0.25, 0.3) is 11.3 Å². The van der Waals surface area contributed by atoms with Crippen LogP contribution in [0.5, 0.6) is 0 Å². The van der Waals surface area contributed by atoms with Crippen molar-refractivity contribution in [3.63, 3.8) is 0 Å². The summed E-state index contributed by atoms with van der Waals surface area (Å²) < 4.78 is 150. The van der Waals surface area contributed by atoms with Crippen LogP contribution in [0.1, 0.15) is 13.8 Å².